The summed E-state index contributed by atoms with van der Waals surface area (Å²) in [7, 11) is -2.89. The predicted octanol–water partition coefficient (Wildman–Crippen LogP) is 5.16. The van der Waals surface area contributed by atoms with Gasteiger partial charge in [-0.3, -0.25) is 4.98 Å². The molecule has 0 fully saturated rings. The molecule has 0 spiro atoms. The van der Waals surface area contributed by atoms with Crippen LogP contribution >= 0.6 is 0 Å². The monoisotopic (exact) mass is 429 g/mol. The summed E-state index contributed by atoms with van der Waals surface area (Å²) in [6, 6.07) is 12.7. The second-order valence-electron chi connectivity index (χ2n) is 6.47. The minimum absolute atomic E-state index is 0.0207. The quantitative estimate of drug-likeness (QED) is 0.450. The Labute approximate surface area is 170 Å². The van der Waals surface area contributed by atoms with E-state index in [1.807, 2.05) is 0 Å². The summed E-state index contributed by atoms with van der Waals surface area (Å²) >= 11 is 0. The highest BCUT2D eigenvalue weighted by atomic mass is 32.2. The average Bonchev–Trinajstić information content (AvgIpc) is 2.72. The van der Waals surface area contributed by atoms with Crippen molar-refractivity contribution in [1.29, 1.82) is 0 Å². The maximum absolute atomic E-state index is 14.3. The fourth-order valence-corrected chi connectivity index (χ4v) is 4.72. The van der Waals surface area contributed by atoms with Crippen LogP contribution in [0.2, 0.25) is 0 Å². The van der Waals surface area contributed by atoms with Gasteiger partial charge < -0.3 is 4.74 Å². The molecule has 0 amide bonds. The zero-order valence-electron chi connectivity index (χ0n) is 15.6. The molecule has 8 heteroatoms. The van der Waals surface area contributed by atoms with E-state index in [2.05, 4.69) is 4.98 Å². The SMILES string of the molecule is COc1ccc(-c2c(S(=O)(=O)c3cc(F)cc(F)c3)cnc3c(F)cccc23)cc1. The Hall–Kier alpha value is -3.39. The fraction of sp³-hybridized carbons (Fsp3) is 0.0455. The van der Waals surface area contributed by atoms with E-state index in [0.717, 1.165) is 18.3 Å². The van der Waals surface area contributed by atoms with Crippen LogP contribution in [0.4, 0.5) is 13.2 Å². The van der Waals surface area contributed by atoms with Crippen molar-refractivity contribution < 1.29 is 26.3 Å². The fourth-order valence-electron chi connectivity index (χ4n) is 3.24. The van der Waals surface area contributed by atoms with E-state index >= 15 is 0 Å². The van der Waals surface area contributed by atoms with Crippen LogP contribution in [0, 0.1) is 17.5 Å². The smallest absolute Gasteiger partial charge is 0.208 e. The number of para-hydroxylation sites is 1. The molecule has 30 heavy (non-hydrogen) atoms. The molecule has 4 rings (SSSR count). The zero-order valence-corrected chi connectivity index (χ0v) is 16.4. The van der Waals surface area contributed by atoms with Crippen LogP contribution in [-0.4, -0.2) is 20.5 Å². The topological polar surface area (TPSA) is 56.3 Å². The maximum Gasteiger partial charge on any atom is 0.208 e. The number of rotatable bonds is 4. The van der Waals surface area contributed by atoms with Gasteiger partial charge in [0.2, 0.25) is 9.84 Å². The number of nitrogens with zero attached hydrogens (tertiary/aromatic N) is 1. The van der Waals surface area contributed by atoms with Crippen LogP contribution in [0.3, 0.4) is 0 Å². The lowest BCUT2D eigenvalue weighted by Gasteiger charge is -2.14. The van der Waals surface area contributed by atoms with Gasteiger partial charge in [-0.1, -0.05) is 24.3 Å². The normalized spacial score (nSPS) is 11.6. The van der Waals surface area contributed by atoms with Gasteiger partial charge in [-0.2, -0.15) is 0 Å². The molecule has 0 aliphatic carbocycles. The summed E-state index contributed by atoms with van der Waals surface area (Å²) < 4.78 is 73.4. The van der Waals surface area contributed by atoms with E-state index in [0.29, 0.717) is 17.4 Å². The average molecular weight is 429 g/mol. The third kappa shape index (κ3) is 3.39. The van der Waals surface area contributed by atoms with Crippen LogP contribution in [0.15, 0.2) is 76.7 Å². The largest absolute Gasteiger partial charge is 0.497 e. The highest BCUT2D eigenvalue weighted by Gasteiger charge is 2.26. The molecule has 0 unspecified atom stereocenters. The summed E-state index contributed by atoms with van der Waals surface area (Å²) in [4.78, 5) is 3.11. The molecule has 0 saturated heterocycles. The number of sulfone groups is 1. The Morgan fingerprint density at radius 3 is 2.20 bits per heavy atom. The first-order valence-electron chi connectivity index (χ1n) is 8.74. The third-order valence-corrected chi connectivity index (χ3v) is 6.37. The highest BCUT2D eigenvalue weighted by molar-refractivity contribution is 7.91. The number of fused-ring (bicyclic) bond motifs is 1. The molecule has 3 aromatic carbocycles. The second-order valence-corrected chi connectivity index (χ2v) is 8.39. The lowest BCUT2D eigenvalue weighted by molar-refractivity contribution is 0.415. The number of aromatic nitrogens is 1. The molecule has 0 saturated carbocycles. The van der Waals surface area contributed by atoms with Gasteiger partial charge >= 0.3 is 0 Å². The van der Waals surface area contributed by atoms with Gasteiger partial charge in [-0.05, 0) is 35.9 Å². The summed E-state index contributed by atoms with van der Waals surface area (Å²) in [6.45, 7) is 0. The molecule has 1 aromatic heterocycles. The Morgan fingerprint density at radius 2 is 1.57 bits per heavy atom. The number of ether oxygens (including phenoxy) is 1. The van der Waals surface area contributed by atoms with E-state index in [-0.39, 0.29) is 21.4 Å². The van der Waals surface area contributed by atoms with Gasteiger partial charge in [0.05, 0.1) is 16.9 Å². The van der Waals surface area contributed by atoms with Gasteiger partial charge in [0, 0.05) is 23.2 Å². The van der Waals surface area contributed by atoms with Crippen molar-refractivity contribution in [2.75, 3.05) is 7.11 Å². The van der Waals surface area contributed by atoms with E-state index < -0.39 is 32.2 Å². The first kappa shape index (κ1) is 19.9. The van der Waals surface area contributed by atoms with E-state index in [4.69, 9.17) is 4.74 Å². The standard InChI is InChI=1S/C22H14F3NO3S/c1-29-16-7-5-13(6-8-16)21-18-3-2-4-19(25)22(18)26-12-20(21)30(27,28)17-10-14(23)9-15(24)11-17/h2-12H,1H3. The number of methoxy groups -OCH3 is 1. The van der Waals surface area contributed by atoms with Gasteiger partial charge in [0.1, 0.15) is 28.7 Å². The van der Waals surface area contributed by atoms with Crippen LogP contribution in [0.5, 0.6) is 5.75 Å². The van der Waals surface area contributed by atoms with Gasteiger partial charge in [-0.25, -0.2) is 21.6 Å². The minimum atomic E-state index is -4.38. The minimum Gasteiger partial charge on any atom is -0.497 e. The van der Waals surface area contributed by atoms with Crippen molar-refractivity contribution >= 4 is 20.7 Å². The van der Waals surface area contributed by atoms with Crippen LogP contribution in [0.1, 0.15) is 0 Å². The number of hydrogen-bond donors (Lipinski definition) is 0. The van der Waals surface area contributed by atoms with E-state index in [1.54, 1.807) is 24.3 Å². The first-order valence-corrected chi connectivity index (χ1v) is 10.2. The summed E-state index contributed by atoms with van der Waals surface area (Å²) in [5.74, 6) is -2.14. The maximum atomic E-state index is 14.3. The zero-order chi connectivity index (χ0) is 21.5. The molecule has 152 valence electrons. The number of hydrogen-bond acceptors (Lipinski definition) is 4. The molecule has 4 nitrogen and oxygen atoms in total. The molecule has 1 heterocycles. The van der Waals surface area contributed by atoms with E-state index in [9.17, 15) is 21.6 Å². The van der Waals surface area contributed by atoms with Crippen LogP contribution < -0.4 is 4.74 Å². The lowest BCUT2D eigenvalue weighted by atomic mass is 10.0. The number of halogens is 3. The molecule has 0 bridgehead atoms. The summed E-state index contributed by atoms with van der Waals surface area (Å²) in [5, 5.41) is 0.248. The van der Waals surface area contributed by atoms with Crippen molar-refractivity contribution in [3.8, 4) is 16.9 Å². The van der Waals surface area contributed by atoms with Crippen molar-refractivity contribution in [2.24, 2.45) is 0 Å². The molecule has 0 N–H and O–H groups in total. The summed E-state index contributed by atoms with van der Waals surface area (Å²) in [6.07, 6.45) is 1.00. The van der Waals surface area contributed by atoms with Crippen molar-refractivity contribution in [1.82, 2.24) is 4.98 Å². The second kappa shape index (κ2) is 7.46. The lowest BCUT2D eigenvalue weighted by Crippen LogP contribution is -2.07. The van der Waals surface area contributed by atoms with Crippen LogP contribution in [-0.2, 0) is 9.84 Å². The Bertz CT molecular complexity index is 1350. The van der Waals surface area contributed by atoms with Gasteiger partial charge in [-0.15, -0.1) is 0 Å². The molecule has 4 aromatic rings. The van der Waals surface area contributed by atoms with Crippen molar-refractivity contribution in [3.05, 3.63) is 84.3 Å². The highest BCUT2D eigenvalue weighted by Crippen LogP contribution is 2.37. The molecule has 0 atom stereocenters. The number of benzene rings is 3. The Kier molecular flexibility index (Phi) is 4.95. The third-order valence-electron chi connectivity index (χ3n) is 4.63. The first-order chi connectivity index (χ1) is 14.3. The molecular weight excluding hydrogens is 415 g/mol. The van der Waals surface area contributed by atoms with Crippen molar-refractivity contribution in [2.45, 2.75) is 9.79 Å². The predicted molar refractivity (Wildman–Crippen MR) is 105 cm³/mol. The molecular formula is C22H14F3NO3S. The molecule has 0 aliphatic heterocycles. The van der Waals surface area contributed by atoms with Gasteiger partial charge in [0.15, 0.2) is 0 Å². The summed E-state index contributed by atoms with van der Waals surface area (Å²) in [5.41, 5.74) is 0.601. The van der Waals surface area contributed by atoms with E-state index in [1.165, 1.54) is 25.3 Å². The Balaban J connectivity index is 2.07. The molecule has 0 aliphatic rings. The van der Waals surface area contributed by atoms with Crippen LogP contribution in [0.25, 0.3) is 22.0 Å². The number of pyridine rings is 1. The van der Waals surface area contributed by atoms with Crippen molar-refractivity contribution in [3.63, 3.8) is 0 Å². The molecule has 0 radical (unpaired) electrons. The van der Waals surface area contributed by atoms with Gasteiger partial charge in [0.25, 0.3) is 0 Å². The Morgan fingerprint density at radius 1 is 0.900 bits per heavy atom.